The van der Waals surface area contributed by atoms with Gasteiger partial charge < -0.3 is 9.26 Å². The molecule has 0 aliphatic heterocycles. The van der Waals surface area contributed by atoms with Crippen LogP contribution in [0.25, 0.3) is 0 Å². The molecule has 0 aliphatic rings. The van der Waals surface area contributed by atoms with E-state index in [0.29, 0.717) is 12.2 Å². The van der Waals surface area contributed by atoms with Gasteiger partial charge in [0.25, 0.3) is 0 Å². The molecular weight excluding hydrogens is 240 g/mol. The Morgan fingerprint density at radius 3 is 2.32 bits per heavy atom. The summed E-state index contributed by atoms with van der Waals surface area (Å²) in [5.41, 5.74) is 4.40. The second-order valence-corrected chi connectivity index (χ2v) is 4.64. The van der Waals surface area contributed by atoms with Gasteiger partial charge in [-0.15, -0.1) is 0 Å². The van der Waals surface area contributed by atoms with Crippen molar-refractivity contribution in [3.8, 4) is 11.8 Å². The number of hydrogen-bond acceptors (Lipinski definition) is 4. The van der Waals surface area contributed by atoms with Crippen molar-refractivity contribution in [2.24, 2.45) is 0 Å². The number of rotatable bonds is 3. The average Bonchev–Trinajstić information content (AvgIpc) is 2.68. The van der Waals surface area contributed by atoms with Gasteiger partial charge in [-0.2, -0.15) is 5.26 Å². The van der Waals surface area contributed by atoms with E-state index in [9.17, 15) is 0 Å². The zero-order chi connectivity index (χ0) is 14.0. The molecule has 2 aromatic rings. The number of aryl methyl sites for hydroxylation is 4. The molecular formula is C15H16N2O2. The summed E-state index contributed by atoms with van der Waals surface area (Å²) in [5.74, 6) is 1.60. The first-order chi connectivity index (χ1) is 9.02. The van der Waals surface area contributed by atoms with Crippen LogP contribution < -0.4 is 4.74 Å². The van der Waals surface area contributed by atoms with E-state index in [4.69, 9.17) is 14.5 Å². The van der Waals surface area contributed by atoms with Gasteiger partial charge in [-0.3, -0.25) is 0 Å². The standard InChI is InChI=1S/C15H16N2O2/c1-9-5-13(7-16)6-10(2)15(9)18-8-14-11(3)17-19-12(14)4/h5-6H,8H2,1-4H3. The second kappa shape index (κ2) is 5.15. The topological polar surface area (TPSA) is 59.0 Å². The number of hydrogen-bond donors (Lipinski definition) is 0. The first-order valence-electron chi connectivity index (χ1n) is 6.08. The molecule has 0 aliphatic carbocycles. The minimum Gasteiger partial charge on any atom is -0.488 e. The Balaban J connectivity index is 2.24. The van der Waals surface area contributed by atoms with Crippen LogP contribution in [0.15, 0.2) is 16.7 Å². The van der Waals surface area contributed by atoms with Gasteiger partial charge in [0.15, 0.2) is 0 Å². The molecule has 0 N–H and O–H groups in total. The average molecular weight is 256 g/mol. The first-order valence-corrected chi connectivity index (χ1v) is 6.08. The fraction of sp³-hybridized carbons (Fsp3) is 0.333. The molecule has 19 heavy (non-hydrogen) atoms. The molecule has 0 radical (unpaired) electrons. The van der Waals surface area contributed by atoms with Gasteiger partial charge in [0, 0.05) is 0 Å². The van der Waals surface area contributed by atoms with Gasteiger partial charge in [-0.25, -0.2) is 0 Å². The fourth-order valence-corrected chi connectivity index (χ4v) is 2.09. The summed E-state index contributed by atoms with van der Waals surface area (Å²) in [7, 11) is 0. The van der Waals surface area contributed by atoms with E-state index in [2.05, 4.69) is 11.2 Å². The normalized spacial score (nSPS) is 10.3. The Morgan fingerprint density at radius 1 is 1.21 bits per heavy atom. The maximum atomic E-state index is 8.92. The molecule has 2 rings (SSSR count). The van der Waals surface area contributed by atoms with Crippen molar-refractivity contribution >= 4 is 0 Å². The van der Waals surface area contributed by atoms with Crippen LogP contribution in [0, 0.1) is 39.0 Å². The highest BCUT2D eigenvalue weighted by Crippen LogP contribution is 2.26. The van der Waals surface area contributed by atoms with Crippen LogP contribution >= 0.6 is 0 Å². The lowest BCUT2D eigenvalue weighted by molar-refractivity contribution is 0.297. The highest BCUT2D eigenvalue weighted by atomic mass is 16.5. The molecule has 1 aromatic carbocycles. The third kappa shape index (κ3) is 2.60. The molecule has 1 heterocycles. The molecule has 0 saturated carbocycles. The van der Waals surface area contributed by atoms with Crippen LogP contribution in [0.2, 0.25) is 0 Å². The number of nitrogens with zero attached hydrogens (tertiary/aromatic N) is 2. The molecule has 0 saturated heterocycles. The molecule has 4 nitrogen and oxygen atoms in total. The number of benzene rings is 1. The van der Waals surface area contributed by atoms with Crippen LogP contribution in [0.3, 0.4) is 0 Å². The third-order valence-electron chi connectivity index (χ3n) is 3.13. The Bertz CT molecular complexity index is 608. The monoisotopic (exact) mass is 256 g/mol. The van der Waals surface area contributed by atoms with Crippen LogP contribution in [0.4, 0.5) is 0 Å². The van der Waals surface area contributed by atoms with Gasteiger partial charge in [0.05, 0.1) is 22.9 Å². The summed E-state index contributed by atoms with van der Waals surface area (Å²) in [6, 6.07) is 5.80. The van der Waals surface area contributed by atoms with Crippen LogP contribution in [0.1, 0.15) is 33.7 Å². The maximum Gasteiger partial charge on any atom is 0.140 e. The lowest BCUT2D eigenvalue weighted by Gasteiger charge is -2.12. The van der Waals surface area contributed by atoms with E-state index in [1.165, 1.54) is 0 Å². The molecule has 0 spiro atoms. The number of nitriles is 1. The minimum absolute atomic E-state index is 0.425. The zero-order valence-corrected chi connectivity index (χ0v) is 11.6. The maximum absolute atomic E-state index is 8.92. The summed E-state index contributed by atoms with van der Waals surface area (Å²) in [6.07, 6.45) is 0. The first kappa shape index (κ1) is 13.2. The largest absolute Gasteiger partial charge is 0.488 e. The lowest BCUT2D eigenvalue weighted by atomic mass is 10.1. The van der Waals surface area contributed by atoms with E-state index in [1.54, 1.807) is 0 Å². The van der Waals surface area contributed by atoms with Crippen molar-refractivity contribution in [1.82, 2.24) is 5.16 Å². The van der Waals surface area contributed by atoms with Crippen molar-refractivity contribution in [2.45, 2.75) is 34.3 Å². The second-order valence-electron chi connectivity index (χ2n) is 4.64. The predicted molar refractivity (Wildman–Crippen MR) is 70.9 cm³/mol. The number of aromatic nitrogens is 1. The summed E-state index contributed by atoms with van der Waals surface area (Å²) in [5, 5.41) is 12.8. The SMILES string of the molecule is Cc1cc(C#N)cc(C)c1OCc1c(C)noc1C. The molecule has 4 heteroatoms. The van der Waals surface area contributed by atoms with Crippen molar-refractivity contribution in [3.63, 3.8) is 0 Å². The minimum atomic E-state index is 0.425. The summed E-state index contributed by atoms with van der Waals surface area (Å²) >= 11 is 0. The molecule has 0 unspecified atom stereocenters. The highest BCUT2D eigenvalue weighted by molar-refractivity contribution is 5.47. The summed E-state index contributed by atoms with van der Waals surface area (Å²) < 4.78 is 11.0. The molecule has 1 aromatic heterocycles. The molecule has 0 bridgehead atoms. The van der Waals surface area contributed by atoms with Crippen LogP contribution in [0.5, 0.6) is 5.75 Å². The van der Waals surface area contributed by atoms with Crippen molar-refractivity contribution in [1.29, 1.82) is 5.26 Å². The Kier molecular flexibility index (Phi) is 3.57. The summed E-state index contributed by atoms with van der Waals surface area (Å²) in [4.78, 5) is 0. The Hall–Kier alpha value is -2.28. The predicted octanol–water partition coefficient (Wildman–Crippen LogP) is 3.36. The van der Waals surface area contributed by atoms with Gasteiger partial charge in [-0.05, 0) is 51.0 Å². The quantitative estimate of drug-likeness (QED) is 0.844. The van der Waals surface area contributed by atoms with E-state index in [1.807, 2.05) is 39.8 Å². The van der Waals surface area contributed by atoms with E-state index in [0.717, 1.165) is 33.9 Å². The molecule has 0 atom stereocenters. The van der Waals surface area contributed by atoms with Crippen molar-refractivity contribution in [2.75, 3.05) is 0 Å². The summed E-state index contributed by atoms with van der Waals surface area (Å²) in [6.45, 7) is 8.08. The van der Waals surface area contributed by atoms with E-state index < -0.39 is 0 Å². The zero-order valence-electron chi connectivity index (χ0n) is 11.6. The van der Waals surface area contributed by atoms with Crippen molar-refractivity contribution in [3.05, 3.63) is 45.8 Å². The van der Waals surface area contributed by atoms with Gasteiger partial charge >= 0.3 is 0 Å². The number of ether oxygens (including phenoxy) is 1. The molecule has 0 amide bonds. The third-order valence-corrected chi connectivity index (χ3v) is 3.13. The Labute approximate surface area is 112 Å². The van der Waals surface area contributed by atoms with Gasteiger partial charge in [-0.1, -0.05) is 5.16 Å². The highest BCUT2D eigenvalue weighted by Gasteiger charge is 2.12. The van der Waals surface area contributed by atoms with Gasteiger partial charge in [0.1, 0.15) is 18.1 Å². The van der Waals surface area contributed by atoms with Gasteiger partial charge in [0.2, 0.25) is 0 Å². The molecule has 98 valence electrons. The molecule has 0 fully saturated rings. The van der Waals surface area contributed by atoms with Crippen LogP contribution in [-0.2, 0) is 6.61 Å². The fourth-order valence-electron chi connectivity index (χ4n) is 2.09. The van der Waals surface area contributed by atoms with E-state index in [-0.39, 0.29) is 0 Å². The van der Waals surface area contributed by atoms with Crippen LogP contribution in [-0.4, -0.2) is 5.16 Å². The smallest absolute Gasteiger partial charge is 0.140 e. The van der Waals surface area contributed by atoms with E-state index >= 15 is 0 Å². The van der Waals surface area contributed by atoms with Crippen molar-refractivity contribution < 1.29 is 9.26 Å². The Morgan fingerprint density at radius 2 is 1.84 bits per heavy atom. The lowest BCUT2D eigenvalue weighted by Crippen LogP contribution is -2.01.